The average molecular weight is 496 g/mol. The third-order valence-corrected chi connectivity index (χ3v) is 4.94. The van der Waals surface area contributed by atoms with Crippen molar-refractivity contribution in [2.24, 2.45) is 5.10 Å². The molecule has 0 heterocycles. The van der Waals surface area contributed by atoms with Crippen LogP contribution in [0.3, 0.4) is 0 Å². The van der Waals surface area contributed by atoms with E-state index in [9.17, 15) is 0 Å². The number of alkyl halides is 1. The van der Waals surface area contributed by atoms with Crippen LogP contribution in [0, 0.1) is 0 Å². The van der Waals surface area contributed by atoms with Crippen LogP contribution in [0.5, 0.6) is 0 Å². The van der Waals surface area contributed by atoms with Crippen LogP contribution in [-0.4, -0.2) is 10.5 Å². The molecule has 0 spiro atoms. The fourth-order valence-electron chi connectivity index (χ4n) is 1.33. The molecule has 0 saturated heterocycles. The minimum absolute atomic E-state index is 0.248. The molecule has 1 rings (SSSR count). The van der Waals surface area contributed by atoms with Gasteiger partial charge >= 0.3 is 0 Å². The number of unbranched alkanes of at least 4 members (excludes halogenated alkanes) is 1. The molecule has 1 aromatic rings. The van der Waals surface area contributed by atoms with Gasteiger partial charge in [-0.15, -0.1) is 11.6 Å². The van der Waals surface area contributed by atoms with Crippen molar-refractivity contribution in [3.63, 3.8) is 0 Å². The maximum Gasteiger partial charge on any atom is 0.144 e. The zero-order chi connectivity index (χ0) is 14.4. The van der Waals surface area contributed by atoms with Crippen molar-refractivity contribution in [3.8, 4) is 0 Å². The number of benzene rings is 1. The Morgan fingerprint density at radius 3 is 2.42 bits per heavy atom. The lowest BCUT2D eigenvalue weighted by molar-refractivity contribution is 0.748. The molecule has 0 bridgehead atoms. The van der Waals surface area contributed by atoms with Gasteiger partial charge in [-0.25, -0.2) is 0 Å². The maximum atomic E-state index is 6.15. The van der Waals surface area contributed by atoms with Crippen LogP contribution in [0.4, 0.5) is 5.69 Å². The molecule has 7 heteroatoms. The van der Waals surface area contributed by atoms with Crippen LogP contribution in [0.2, 0.25) is 0 Å². The lowest BCUT2D eigenvalue weighted by Crippen LogP contribution is -2.10. The predicted octanol–water partition coefficient (Wildman–Crippen LogP) is 6.74. The lowest BCUT2D eigenvalue weighted by atomic mass is 10.2. The first-order valence-electron chi connectivity index (χ1n) is 5.73. The zero-order valence-corrected chi connectivity index (χ0v) is 16.5. The first-order chi connectivity index (χ1) is 8.95. The van der Waals surface area contributed by atoms with E-state index in [4.69, 9.17) is 23.2 Å². The van der Waals surface area contributed by atoms with E-state index in [0.717, 1.165) is 38.4 Å². The summed E-state index contributed by atoms with van der Waals surface area (Å²) < 4.78 is 2.72. The molecule has 0 fully saturated rings. The van der Waals surface area contributed by atoms with Gasteiger partial charge in [0.15, 0.2) is 0 Å². The average Bonchev–Trinajstić information content (AvgIpc) is 2.34. The second kappa shape index (κ2) is 8.88. The van der Waals surface area contributed by atoms with E-state index in [-0.39, 0.29) is 5.38 Å². The van der Waals surface area contributed by atoms with Crippen molar-refractivity contribution in [2.75, 3.05) is 5.43 Å². The highest BCUT2D eigenvalue weighted by Crippen LogP contribution is 2.34. The van der Waals surface area contributed by atoms with E-state index < -0.39 is 0 Å². The molecule has 1 aromatic carbocycles. The van der Waals surface area contributed by atoms with Crippen LogP contribution < -0.4 is 5.43 Å². The van der Waals surface area contributed by atoms with Gasteiger partial charge in [0.2, 0.25) is 0 Å². The highest BCUT2D eigenvalue weighted by molar-refractivity contribution is 9.11. The van der Waals surface area contributed by atoms with E-state index in [0.29, 0.717) is 5.17 Å². The van der Waals surface area contributed by atoms with Crippen LogP contribution in [-0.2, 0) is 0 Å². The number of anilines is 1. The molecule has 0 saturated carbocycles. The van der Waals surface area contributed by atoms with Crippen molar-refractivity contribution in [3.05, 3.63) is 25.6 Å². The first kappa shape index (κ1) is 17.8. The molecule has 1 unspecified atom stereocenters. The standard InChI is InChI=1S/C12H13Br3Cl2N2/c1-2-3-4-10(16)12(17)19-18-11-8(14)5-7(13)6-9(11)15/h5-6,10,18H,2-4H2,1H3/b19-12-. The molecule has 0 aliphatic rings. The van der Waals surface area contributed by atoms with Gasteiger partial charge in [-0.2, -0.15) is 5.10 Å². The first-order valence-corrected chi connectivity index (χ1v) is 8.92. The summed E-state index contributed by atoms with van der Waals surface area (Å²) in [5.74, 6) is 0. The molecule has 106 valence electrons. The van der Waals surface area contributed by atoms with Gasteiger partial charge < -0.3 is 0 Å². The number of hydrogen-bond acceptors (Lipinski definition) is 2. The molecular weight excluding hydrogens is 483 g/mol. The Bertz CT molecular complexity index is 443. The van der Waals surface area contributed by atoms with Gasteiger partial charge in [-0.1, -0.05) is 47.3 Å². The number of hydrogen-bond donors (Lipinski definition) is 1. The molecule has 0 aliphatic heterocycles. The Hall–Kier alpha value is 0.710. The second-order valence-corrected chi connectivity index (χ2v) is 7.44. The Morgan fingerprint density at radius 1 is 1.32 bits per heavy atom. The molecule has 0 aliphatic carbocycles. The van der Waals surface area contributed by atoms with Gasteiger partial charge in [0, 0.05) is 13.4 Å². The van der Waals surface area contributed by atoms with E-state index in [1.54, 1.807) is 0 Å². The molecule has 2 nitrogen and oxygen atoms in total. The smallest absolute Gasteiger partial charge is 0.144 e. The monoisotopic (exact) mass is 492 g/mol. The molecular formula is C12H13Br3Cl2N2. The summed E-state index contributed by atoms with van der Waals surface area (Å²) in [4.78, 5) is 0. The van der Waals surface area contributed by atoms with Gasteiger partial charge in [-0.3, -0.25) is 5.43 Å². The fraction of sp³-hybridized carbons (Fsp3) is 0.417. The van der Waals surface area contributed by atoms with Crippen molar-refractivity contribution in [2.45, 2.75) is 31.6 Å². The number of halogens is 5. The lowest BCUT2D eigenvalue weighted by Gasteiger charge is -2.10. The highest BCUT2D eigenvalue weighted by atomic mass is 79.9. The highest BCUT2D eigenvalue weighted by Gasteiger charge is 2.11. The summed E-state index contributed by atoms with van der Waals surface area (Å²) in [5.41, 5.74) is 3.73. The van der Waals surface area contributed by atoms with Gasteiger partial charge in [0.05, 0.1) is 11.1 Å². The summed E-state index contributed by atoms with van der Waals surface area (Å²) in [6, 6.07) is 3.84. The number of rotatable bonds is 6. The van der Waals surface area contributed by atoms with Crippen LogP contribution in [0.15, 0.2) is 30.7 Å². The molecule has 1 atom stereocenters. The Morgan fingerprint density at radius 2 is 1.89 bits per heavy atom. The normalized spacial score (nSPS) is 13.5. The van der Waals surface area contributed by atoms with Crippen LogP contribution in [0.25, 0.3) is 0 Å². The van der Waals surface area contributed by atoms with E-state index in [2.05, 4.69) is 65.2 Å². The third kappa shape index (κ3) is 5.92. The van der Waals surface area contributed by atoms with Crippen molar-refractivity contribution >= 4 is 81.8 Å². The molecule has 0 radical (unpaired) electrons. The van der Waals surface area contributed by atoms with Gasteiger partial charge in [0.25, 0.3) is 0 Å². The third-order valence-electron chi connectivity index (χ3n) is 2.35. The van der Waals surface area contributed by atoms with Crippen LogP contribution in [0.1, 0.15) is 26.2 Å². The van der Waals surface area contributed by atoms with Crippen molar-refractivity contribution in [1.29, 1.82) is 0 Å². The molecule has 19 heavy (non-hydrogen) atoms. The SMILES string of the molecule is CCCCC(Cl)/C(Cl)=N/Nc1c(Br)cc(Br)cc1Br. The maximum absolute atomic E-state index is 6.15. The Balaban J connectivity index is 2.75. The minimum Gasteiger partial charge on any atom is -0.275 e. The largest absolute Gasteiger partial charge is 0.275 e. The minimum atomic E-state index is -0.248. The predicted molar refractivity (Wildman–Crippen MR) is 95.6 cm³/mol. The summed E-state index contributed by atoms with van der Waals surface area (Å²) in [5, 5.41) is 4.25. The van der Waals surface area contributed by atoms with Gasteiger partial charge in [0.1, 0.15) is 5.17 Å². The fourth-order valence-corrected chi connectivity index (χ4v) is 4.12. The summed E-state index contributed by atoms with van der Waals surface area (Å²) in [6.07, 6.45) is 2.95. The number of hydrazone groups is 1. The van der Waals surface area contributed by atoms with Crippen LogP contribution >= 0.6 is 71.0 Å². The molecule has 0 amide bonds. The zero-order valence-electron chi connectivity index (χ0n) is 10.2. The van der Waals surface area contributed by atoms with E-state index >= 15 is 0 Å². The molecule has 0 aromatic heterocycles. The quantitative estimate of drug-likeness (QED) is 0.264. The topological polar surface area (TPSA) is 24.4 Å². The number of nitrogens with one attached hydrogen (secondary N) is 1. The van der Waals surface area contributed by atoms with E-state index in [1.165, 1.54) is 0 Å². The Labute approximate surface area is 148 Å². The molecule has 1 N–H and O–H groups in total. The van der Waals surface area contributed by atoms with Gasteiger partial charge in [-0.05, 0) is 50.4 Å². The summed E-state index contributed by atoms with van der Waals surface area (Å²) in [7, 11) is 0. The summed E-state index contributed by atoms with van der Waals surface area (Å²) in [6.45, 7) is 2.11. The van der Waals surface area contributed by atoms with Crippen molar-refractivity contribution < 1.29 is 0 Å². The summed E-state index contributed by atoms with van der Waals surface area (Å²) >= 11 is 22.5. The second-order valence-electron chi connectivity index (χ2n) is 3.90. The van der Waals surface area contributed by atoms with Crippen molar-refractivity contribution in [1.82, 2.24) is 0 Å². The number of nitrogens with zero attached hydrogens (tertiary/aromatic N) is 1. The van der Waals surface area contributed by atoms with E-state index in [1.807, 2.05) is 12.1 Å². The Kier molecular flexibility index (Phi) is 8.30.